The summed E-state index contributed by atoms with van der Waals surface area (Å²) in [4.78, 5) is 39.6. The van der Waals surface area contributed by atoms with E-state index in [9.17, 15) is 22.8 Å². The minimum Gasteiger partial charge on any atom is -0.452 e. The molecular weight excluding hydrogens is 480 g/mol. The third kappa shape index (κ3) is 4.49. The first-order chi connectivity index (χ1) is 17.3. The minimum absolute atomic E-state index is 0.00371. The Hall–Kier alpha value is -3.98. The lowest BCUT2D eigenvalue weighted by Gasteiger charge is -2.28. The average molecular weight is 505 g/mol. The van der Waals surface area contributed by atoms with Gasteiger partial charge in [0.25, 0.3) is 5.91 Å². The van der Waals surface area contributed by atoms with Gasteiger partial charge in [0, 0.05) is 35.6 Å². The first-order valence-electron chi connectivity index (χ1n) is 11.7. The van der Waals surface area contributed by atoms with Crippen LogP contribution in [0.1, 0.15) is 45.5 Å². The van der Waals surface area contributed by atoms with Crippen LogP contribution in [-0.4, -0.2) is 45.8 Å². The monoisotopic (exact) mass is 504 g/mol. The maximum absolute atomic E-state index is 13.0. The van der Waals surface area contributed by atoms with Crippen LogP contribution in [0, 0.1) is 0 Å². The van der Waals surface area contributed by atoms with E-state index >= 15 is 0 Å². The second-order valence-corrected chi connectivity index (χ2v) is 10.6. The standard InChI is InChI=1S/C27H24N2O6S/c30-25(28-19-9-11-20(12-10-19)29-14-4-1-5-15-29)17-35-27(32)18-8-13-22-24(16-18)36(33,34)23-7-3-2-6-21(23)26(22)31/h2-3,6-13,16H,1,4-5,14-15,17H2,(H,28,30). The summed E-state index contributed by atoms with van der Waals surface area (Å²) in [5, 5.41) is 2.68. The van der Waals surface area contributed by atoms with Crippen molar-refractivity contribution in [1.82, 2.24) is 0 Å². The number of ketones is 1. The number of nitrogens with zero attached hydrogens (tertiary/aromatic N) is 1. The third-order valence-electron chi connectivity index (χ3n) is 6.38. The fourth-order valence-electron chi connectivity index (χ4n) is 4.53. The highest BCUT2D eigenvalue weighted by Crippen LogP contribution is 2.34. The van der Waals surface area contributed by atoms with Crippen LogP contribution in [0.25, 0.3) is 0 Å². The van der Waals surface area contributed by atoms with E-state index in [0.717, 1.165) is 24.8 Å². The molecule has 2 heterocycles. The molecule has 3 aromatic rings. The molecule has 0 saturated carbocycles. The first-order valence-corrected chi connectivity index (χ1v) is 13.2. The number of hydrogen-bond donors (Lipinski definition) is 1. The Bertz CT molecular complexity index is 1460. The number of carbonyl (C=O) groups excluding carboxylic acids is 3. The molecule has 9 heteroatoms. The van der Waals surface area contributed by atoms with Gasteiger partial charge in [0.1, 0.15) is 0 Å². The molecule has 36 heavy (non-hydrogen) atoms. The molecular formula is C27H24N2O6S. The molecule has 5 rings (SSSR count). The van der Waals surface area contributed by atoms with Gasteiger partial charge < -0.3 is 15.0 Å². The maximum atomic E-state index is 13.0. The summed E-state index contributed by atoms with van der Waals surface area (Å²) in [6.07, 6.45) is 3.59. The number of benzene rings is 3. The predicted octanol–water partition coefficient (Wildman–Crippen LogP) is 3.85. The van der Waals surface area contributed by atoms with Crippen molar-refractivity contribution in [3.8, 4) is 0 Å². The fourth-order valence-corrected chi connectivity index (χ4v) is 6.21. The summed E-state index contributed by atoms with van der Waals surface area (Å²) in [5.41, 5.74) is 1.71. The molecule has 3 aromatic carbocycles. The van der Waals surface area contributed by atoms with Crippen LogP contribution >= 0.6 is 0 Å². The Morgan fingerprint density at radius 2 is 1.56 bits per heavy atom. The Labute approximate surface area is 208 Å². The van der Waals surface area contributed by atoms with Crippen LogP contribution in [0.4, 0.5) is 11.4 Å². The summed E-state index contributed by atoms with van der Waals surface area (Å²) in [6, 6.07) is 17.2. The molecule has 0 aromatic heterocycles. The molecule has 1 fully saturated rings. The van der Waals surface area contributed by atoms with Crippen molar-refractivity contribution in [2.75, 3.05) is 29.9 Å². The van der Waals surface area contributed by atoms with Crippen molar-refractivity contribution in [3.05, 3.63) is 83.4 Å². The molecule has 1 N–H and O–H groups in total. The molecule has 0 unspecified atom stereocenters. The van der Waals surface area contributed by atoms with Gasteiger partial charge in [0.2, 0.25) is 9.84 Å². The number of piperidine rings is 1. The van der Waals surface area contributed by atoms with Crippen LogP contribution in [0.5, 0.6) is 0 Å². The Morgan fingerprint density at radius 1 is 0.861 bits per heavy atom. The van der Waals surface area contributed by atoms with Gasteiger partial charge in [-0.15, -0.1) is 0 Å². The lowest BCUT2D eigenvalue weighted by Crippen LogP contribution is -2.29. The van der Waals surface area contributed by atoms with Gasteiger partial charge in [-0.2, -0.15) is 0 Å². The third-order valence-corrected chi connectivity index (χ3v) is 8.23. The molecule has 0 radical (unpaired) electrons. The molecule has 2 aliphatic heterocycles. The summed E-state index contributed by atoms with van der Waals surface area (Å²) in [6.45, 7) is 1.50. The molecule has 0 aliphatic carbocycles. The van der Waals surface area contributed by atoms with Gasteiger partial charge in [-0.25, -0.2) is 13.2 Å². The van der Waals surface area contributed by atoms with Crippen molar-refractivity contribution < 1.29 is 27.5 Å². The summed E-state index contributed by atoms with van der Waals surface area (Å²) in [7, 11) is -3.99. The summed E-state index contributed by atoms with van der Waals surface area (Å²) >= 11 is 0. The molecule has 184 valence electrons. The van der Waals surface area contributed by atoms with Gasteiger partial charge in [-0.1, -0.05) is 12.1 Å². The van der Waals surface area contributed by atoms with Crippen molar-refractivity contribution in [2.24, 2.45) is 0 Å². The molecule has 1 amide bonds. The average Bonchev–Trinajstić information content (AvgIpc) is 2.91. The highest BCUT2D eigenvalue weighted by atomic mass is 32.2. The van der Waals surface area contributed by atoms with E-state index in [2.05, 4.69) is 10.2 Å². The zero-order valence-corrected chi connectivity index (χ0v) is 20.2. The Kier molecular flexibility index (Phi) is 6.32. The number of hydrogen-bond acceptors (Lipinski definition) is 7. The number of sulfone groups is 1. The zero-order chi connectivity index (χ0) is 25.3. The molecule has 1 saturated heterocycles. The van der Waals surface area contributed by atoms with E-state index in [1.807, 2.05) is 12.1 Å². The number of ether oxygens (including phenoxy) is 1. The second-order valence-electron chi connectivity index (χ2n) is 8.76. The zero-order valence-electron chi connectivity index (χ0n) is 19.4. The quantitative estimate of drug-likeness (QED) is 0.411. The molecule has 8 nitrogen and oxygen atoms in total. The molecule has 0 spiro atoms. The van der Waals surface area contributed by atoms with Gasteiger partial charge in [-0.05, 0) is 73.9 Å². The smallest absolute Gasteiger partial charge is 0.338 e. The largest absolute Gasteiger partial charge is 0.452 e. The van der Waals surface area contributed by atoms with E-state index in [1.165, 1.54) is 49.6 Å². The van der Waals surface area contributed by atoms with Gasteiger partial charge >= 0.3 is 5.97 Å². The Balaban J connectivity index is 1.23. The van der Waals surface area contributed by atoms with Gasteiger partial charge in [-0.3, -0.25) is 9.59 Å². The van der Waals surface area contributed by atoms with E-state index in [-0.39, 0.29) is 26.5 Å². The van der Waals surface area contributed by atoms with Gasteiger partial charge in [0.15, 0.2) is 12.4 Å². The number of anilines is 2. The van der Waals surface area contributed by atoms with Crippen LogP contribution in [0.2, 0.25) is 0 Å². The van der Waals surface area contributed by atoms with E-state index in [1.54, 1.807) is 18.2 Å². The second kappa shape index (κ2) is 9.58. The van der Waals surface area contributed by atoms with Crippen molar-refractivity contribution in [1.29, 1.82) is 0 Å². The molecule has 2 aliphatic rings. The number of fused-ring (bicyclic) bond motifs is 2. The minimum atomic E-state index is -3.99. The van der Waals surface area contributed by atoms with Crippen molar-refractivity contribution >= 4 is 38.9 Å². The highest BCUT2D eigenvalue weighted by molar-refractivity contribution is 7.91. The molecule has 0 atom stereocenters. The topological polar surface area (TPSA) is 110 Å². The maximum Gasteiger partial charge on any atom is 0.338 e. The summed E-state index contributed by atoms with van der Waals surface area (Å²) in [5.74, 6) is -1.82. The first kappa shape index (κ1) is 23.7. The molecule has 0 bridgehead atoms. The highest BCUT2D eigenvalue weighted by Gasteiger charge is 2.35. The number of rotatable bonds is 5. The predicted molar refractivity (Wildman–Crippen MR) is 133 cm³/mol. The summed E-state index contributed by atoms with van der Waals surface area (Å²) < 4.78 is 31.2. The van der Waals surface area contributed by atoms with Crippen LogP contribution in [0.3, 0.4) is 0 Å². The lowest BCUT2D eigenvalue weighted by molar-refractivity contribution is -0.119. The lowest BCUT2D eigenvalue weighted by atomic mass is 10.0. The van der Waals surface area contributed by atoms with Crippen molar-refractivity contribution in [2.45, 2.75) is 29.1 Å². The normalized spacial score (nSPS) is 16.0. The van der Waals surface area contributed by atoms with Crippen LogP contribution in [-0.2, 0) is 19.4 Å². The fraction of sp³-hybridized carbons (Fsp3) is 0.222. The van der Waals surface area contributed by atoms with Gasteiger partial charge in [0.05, 0.1) is 15.4 Å². The van der Waals surface area contributed by atoms with Crippen molar-refractivity contribution in [3.63, 3.8) is 0 Å². The SMILES string of the molecule is O=C(COC(=O)c1ccc2c(c1)S(=O)(=O)c1ccccc1C2=O)Nc1ccc(N2CCCCC2)cc1. The number of nitrogens with one attached hydrogen (secondary N) is 1. The number of amides is 1. The number of carbonyl (C=O) groups is 3. The van der Waals surface area contributed by atoms with E-state index < -0.39 is 34.1 Å². The van der Waals surface area contributed by atoms with E-state index in [0.29, 0.717) is 5.69 Å². The van der Waals surface area contributed by atoms with E-state index in [4.69, 9.17) is 4.74 Å². The van der Waals surface area contributed by atoms with Crippen LogP contribution < -0.4 is 10.2 Å². The van der Waals surface area contributed by atoms with Crippen LogP contribution in [0.15, 0.2) is 76.5 Å². The number of esters is 1. The Morgan fingerprint density at radius 3 is 2.31 bits per heavy atom.